The van der Waals surface area contributed by atoms with E-state index in [0.29, 0.717) is 23.4 Å². The second-order valence-electron chi connectivity index (χ2n) is 6.60. The maximum atomic E-state index is 12.8. The third-order valence-electron chi connectivity index (χ3n) is 4.36. The monoisotopic (exact) mass is 394 g/mol. The molecule has 5 nitrogen and oxygen atoms in total. The summed E-state index contributed by atoms with van der Waals surface area (Å²) in [5.74, 6) is -0.236. The van der Waals surface area contributed by atoms with Crippen LogP contribution in [0.15, 0.2) is 83.8 Å². The maximum Gasteiger partial charge on any atom is 0.262 e. The van der Waals surface area contributed by atoms with E-state index in [0.717, 1.165) is 5.56 Å². The van der Waals surface area contributed by atoms with E-state index in [4.69, 9.17) is 0 Å². The Bertz CT molecular complexity index is 1070. The molecule has 0 aliphatic carbocycles. The third kappa shape index (κ3) is 4.58. The minimum absolute atomic E-state index is 0.0929. The fraction of sp³-hybridized carbons (Fsp3) is 0.136. The van der Waals surface area contributed by atoms with Crippen LogP contribution in [0.2, 0.25) is 0 Å². The van der Waals surface area contributed by atoms with Gasteiger partial charge in [0.25, 0.3) is 15.9 Å². The standard InChI is InChI=1S/C22H22N2O3S/c1-17-13-14-19(22(25)24(2)16-18-9-5-3-6-10-18)15-21(17)28(26,27)23-20-11-7-4-8-12-20/h3-15,23H,16H2,1-2H3. The highest BCUT2D eigenvalue weighted by molar-refractivity contribution is 7.92. The number of aryl methyl sites for hydroxylation is 1. The average Bonchev–Trinajstić information content (AvgIpc) is 2.69. The van der Waals surface area contributed by atoms with Crippen molar-refractivity contribution in [3.63, 3.8) is 0 Å². The normalized spacial score (nSPS) is 11.1. The molecule has 0 saturated heterocycles. The van der Waals surface area contributed by atoms with Gasteiger partial charge >= 0.3 is 0 Å². The van der Waals surface area contributed by atoms with Crippen LogP contribution in [0.5, 0.6) is 0 Å². The van der Waals surface area contributed by atoms with Gasteiger partial charge in [0.2, 0.25) is 0 Å². The lowest BCUT2D eigenvalue weighted by Gasteiger charge is -2.18. The number of nitrogens with one attached hydrogen (secondary N) is 1. The molecule has 0 aliphatic heterocycles. The number of benzene rings is 3. The Balaban J connectivity index is 1.85. The lowest BCUT2D eigenvalue weighted by molar-refractivity contribution is 0.0785. The fourth-order valence-corrected chi connectivity index (χ4v) is 4.22. The van der Waals surface area contributed by atoms with Crippen LogP contribution >= 0.6 is 0 Å². The Morgan fingerprint density at radius 2 is 1.54 bits per heavy atom. The van der Waals surface area contributed by atoms with Crippen molar-refractivity contribution < 1.29 is 13.2 Å². The third-order valence-corrected chi connectivity index (χ3v) is 5.88. The number of rotatable bonds is 6. The van der Waals surface area contributed by atoms with Crippen LogP contribution in [0, 0.1) is 6.92 Å². The SMILES string of the molecule is Cc1ccc(C(=O)N(C)Cc2ccccc2)cc1S(=O)(=O)Nc1ccccc1. The van der Waals surface area contributed by atoms with E-state index >= 15 is 0 Å². The van der Waals surface area contributed by atoms with Gasteiger partial charge < -0.3 is 4.90 Å². The number of carbonyl (C=O) groups excluding carboxylic acids is 1. The first-order valence-electron chi connectivity index (χ1n) is 8.85. The zero-order valence-electron chi connectivity index (χ0n) is 15.8. The number of anilines is 1. The number of hydrogen-bond acceptors (Lipinski definition) is 3. The molecule has 0 radical (unpaired) electrons. The first-order chi connectivity index (χ1) is 13.4. The van der Waals surface area contributed by atoms with Gasteiger partial charge in [-0.2, -0.15) is 0 Å². The molecule has 3 rings (SSSR count). The summed E-state index contributed by atoms with van der Waals surface area (Å²) in [5, 5.41) is 0. The molecule has 0 aliphatic rings. The van der Waals surface area contributed by atoms with Crippen molar-refractivity contribution in [2.24, 2.45) is 0 Å². The van der Waals surface area contributed by atoms with Gasteiger partial charge in [-0.05, 0) is 42.3 Å². The molecular weight excluding hydrogens is 372 g/mol. The minimum atomic E-state index is -3.81. The van der Waals surface area contributed by atoms with Gasteiger partial charge in [-0.3, -0.25) is 9.52 Å². The van der Waals surface area contributed by atoms with Crippen molar-refractivity contribution >= 4 is 21.6 Å². The van der Waals surface area contributed by atoms with Crippen molar-refractivity contribution in [2.45, 2.75) is 18.4 Å². The van der Waals surface area contributed by atoms with Crippen molar-refractivity contribution in [1.82, 2.24) is 4.90 Å². The smallest absolute Gasteiger partial charge is 0.262 e. The van der Waals surface area contributed by atoms with E-state index in [1.165, 1.54) is 6.07 Å². The highest BCUT2D eigenvalue weighted by atomic mass is 32.2. The van der Waals surface area contributed by atoms with Crippen LogP contribution in [0.3, 0.4) is 0 Å². The molecule has 6 heteroatoms. The van der Waals surface area contributed by atoms with Crippen LogP contribution < -0.4 is 4.72 Å². The molecule has 144 valence electrons. The summed E-state index contributed by atoms with van der Waals surface area (Å²) in [4.78, 5) is 14.5. The molecule has 3 aromatic rings. The molecule has 0 bridgehead atoms. The lowest BCUT2D eigenvalue weighted by Crippen LogP contribution is -2.26. The Hall–Kier alpha value is -3.12. The minimum Gasteiger partial charge on any atom is -0.337 e. The van der Waals surface area contributed by atoms with Gasteiger partial charge in [-0.1, -0.05) is 54.6 Å². The Kier molecular flexibility index (Phi) is 5.80. The van der Waals surface area contributed by atoms with Gasteiger partial charge in [0.1, 0.15) is 0 Å². The summed E-state index contributed by atoms with van der Waals surface area (Å²) in [6, 6.07) is 23.1. The fourth-order valence-electron chi connectivity index (χ4n) is 2.89. The maximum absolute atomic E-state index is 12.8. The quantitative estimate of drug-likeness (QED) is 0.685. The number of amides is 1. The Morgan fingerprint density at radius 3 is 2.18 bits per heavy atom. The number of carbonyl (C=O) groups is 1. The molecule has 0 saturated carbocycles. The Labute approximate surface area is 165 Å². The van der Waals surface area contributed by atoms with Crippen LogP contribution in [-0.4, -0.2) is 26.3 Å². The average molecular weight is 394 g/mol. The molecule has 0 fully saturated rings. The lowest BCUT2D eigenvalue weighted by atomic mass is 10.1. The topological polar surface area (TPSA) is 66.5 Å². The Morgan fingerprint density at radius 1 is 0.929 bits per heavy atom. The molecule has 0 heterocycles. The first-order valence-corrected chi connectivity index (χ1v) is 10.3. The molecule has 3 aromatic carbocycles. The van der Waals surface area contributed by atoms with Crippen LogP contribution in [0.1, 0.15) is 21.5 Å². The summed E-state index contributed by atoms with van der Waals surface area (Å²) in [5.41, 5.74) is 2.38. The number of sulfonamides is 1. The summed E-state index contributed by atoms with van der Waals surface area (Å²) in [6.07, 6.45) is 0. The van der Waals surface area contributed by atoms with E-state index in [-0.39, 0.29) is 10.8 Å². The molecule has 1 N–H and O–H groups in total. The second-order valence-corrected chi connectivity index (χ2v) is 8.25. The molecule has 28 heavy (non-hydrogen) atoms. The van der Waals surface area contributed by atoms with Gasteiger partial charge in [0.15, 0.2) is 0 Å². The van der Waals surface area contributed by atoms with Gasteiger partial charge in [-0.15, -0.1) is 0 Å². The van der Waals surface area contributed by atoms with Crippen LogP contribution in [0.25, 0.3) is 0 Å². The van der Waals surface area contributed by atoms with Crippen LogP contribution in [0.4, 0.5) is 5.69 Å². The molecule has 0 spiro atoms. The number of hydrogen-bond donors (Lipinski definition) is 1. The van der Waals surface area contributed by atoms with Crippen molar-refractivity contribution in [1.29, 1.82) is 0 Å². The van der Waals surface area contributed by atoms with E-state index in [9.17, 15) is 13.2 Å². The second kappa shape index (κ2) is 8.27. The highest BCUT2D eigenvalue weighted by Gasteiger charge is 2.20. The number of nitrogens with zero attached hydrogens (tertiary/aromatic N) is 1. The predicted octanol–water partition coefficient (Wildman–Crippen LogP) is 4.07. The summed E-state index contributed by atoms with van der Waals surface area (Å²) in [7, 11) is -2.11. The zero-order chi connectivity index (χ0) is 20.1. The number of para-hydroxylation sites is 1. The van der Waals surface area contributed by atoms with Gasteiger partial charge in [0.05, 0.1) is 4.90 Å². The summed E-state index contributed by atoms with van der Waals surface area (Å²) in [6.45, 7) is 2.15. The zero-order valence-corrected chi connectivity index (χ0v) is 16.6. The predicted molar refractivity (Wildman–Crippen MR) is 111 cm³/mol. The molecule has 0 unspecified atom stereocenters. The van der Waals surface area contributed by atoms with Crippen molar-refractivity contribution in [3.8, 4) is 0 Å². The van der Waals surface area contributed by atoms with Gasteiger partial charge in [-0.25, -0.2) is 8.42 Å². The summed E-state index contributed by atoms with van der Waals surface area (Å²) < 4.78 is 28.2. The van der Waals surface area contributed by atoms with Gasteiger partial charge in [0, 0.05) is 24.8 Å². The molecule has 0 atom stereocenters. The summed E-state index contributed by atoms with van der Waals surface area (Å²) >= 11 is 0. The van der Waals surface area contributed by atoms with E-state index in [1.54, 1.807) is 55.3 Å². The van der Waals surface area contributed by atoms with Crippen LogP contribution in [-0.2, 0) is 16.6 Å². The van der Waals surface area contributed by atoms with E-state index in [2.05, 4.69) is 4.72 Å². The first kappa shape index (κ1) is 19.6. The molecule has 0 aromatic heterocycles. The molecule has 1 amide bonds. The van der Waals surface area contributed by atoms with Crippen molar-refractivity contribution in [3.05, 3.63) is 95.6 Å². The largest absolute Gasteiger partial charge is 0.337 e. The van der Waals surface area contributed by atoms with E-state index < -0.39 is 10.0 Å². The molecular formula is C22H22N2O3S. The van der Waals surface area contributed by atoms with E-state index in [1.807, 2.05) is 36.4 Å². The van der Waals surface area contributed by atoms with Crippen molar-refractivity contribution in [2.75, 3.05) is 11.8 Å². The highest BCUT2D eigenvalue weighted by Crippen LogP contribution is 2.21.